The zero-order valence-electron chi connectivity index (χ0n) is 9.54. The maximum Gasteiger partial charge on any atom is 0.153 e. The lowest BCUT2D eigenvalue weighted by Crippen LogP contribution is -1.96. The van der Waals surface area contributed by atoms with Crippen LogP contribution in [0.2, 0.25) is 0 Å². The minimum Gasteiger partial charge on any atom is -0.493 e. The van der Waals surface area contributed by atoms with Gasteiger partial charge in [-0.3, -0.25) is 4.79 Å². The van der Waals surface area contributed by atoms with Crippen molar-refractivity contribution in [2.75, 3.05) is 13.2 Å². The minimum absolute atomic E-state index is 0.292. The van der Waals surface area contributed by atoms with Gasteiger partial charge in [0.15, 0.2) is 6.29 Å². The molecular formula is C12H13N3O2. The van der Waals surface area contributed by atoms with Crippen LogP contribution in [0.1, 0.15) is 22.8 Å². The van der Waals surface area contributed by atoms with Gasteiger partial charge in [-0.1, -0.05) is 23.3 Å². The SMILES string of the molecule is CCOc1ccc(C=CCN=[N+]=[N-])cc1C=O. The number of benzene rings is 1. The second-order valence-corrected chi connectivity index (χ2v) is 3.16. The first kappa shape index (κ1) is 12.8. The lowest BCUT2D eigenvalue weighted by molar-refractivity contribution is 0.112. The van der Waals surface area contributed by atoms with Gasteiger partial charge in [-0.2, -0.15) is 0 Å². The fraction of sp³-hybridized carbons (Fsp3) is 0.250. The molecule has 0 aliphatic rings. The maximum atomic E-state index is 10.9. The van der Waals surface area contributed by atoms with E-state index in [2.05, 4.69) is 10.0 Å². The summed E-state index contributed by atoms with van der Waals surface area (Å²) in [4.78, 5) is 13.5. The normalized spacial score (nSPS) is 9.94. The van der Waals surface area contributed by atoms with Gasteiger partial charge in [-0.25, -0.2) is 0 Å². The molecule has 0 saturated carbocycles. The van der Waals surface area contributed by atoms with Crippen LogP contribution in [0.4, 0.5) is 0 Å². The van der Waals surface area contributed by atoms with Crippen molar-refractivity contribution in [2.24, 2.45) is 5.11 Å². The molecule has 17 heavy (non-hydrogen) atoms. The van der Waals surface area contributed by atoms with Crippen molar-refractivity contribution in [1.82, 2.24) is 0 Å². The lowest BCUT2D eigenvalue weighted by atomic mass is 10.1. The second kappa shape index (κ2) is 7.09. The molecule has 88 valence electrons. The highest BCUT2D eigenvalue weighted by atomic mass is 16.5. The summed E-state index contributed by atoms with van der Waals surface area (Å²) in [6.07, 6.45) is 4.27. The standard InChI is InChI=1S/C12H13N3O2/c1-2-17-12-6-5-10(8-11(12)9-16)4-3-7-14-15-13/h3-6,8-9H,2,7H2,1H3. The van der Waals surface area contributed by atoms with Crippen LogP contribution in [0.3, 0.4) is 0 Å². The Morgan fingerprint density at radius 3 is 3.00 bits per heavy atom. The summed E-state index contributed by atoms with van der Waals surface area (Å²) in [6.45, 7) is 2.68. The Hall–Kier alpha value is -2.26. The Morgan fingerprint density at radius 1 is 1.53 bits per heavy atom. The molecule has 1 aromatic carbocycles. The van der Waals surface area contributed by atoms with Crippen molar-refractivity contribution in [2.45, 2.75) is 6.92 Å². The molecule has 5 nitrogen and oxygen atoms in total. The van der Waals surface area contributed by atoms with E-state index in [4.69, 9.17) is 10.3 Å². The molecular weight excluding hydrogens is 218 g/mol. The molecule has 0 radical (unpaired) electrons. The Bertz CT molecular complexity index is 463. The quantitative estimate of drug-likeness (QED) is 0.326. The first-order chi connectivity index (χ1) is 8.31. The van der Waals surface area contributed by atoms with Gasteiger partial charge in [-0.05, 0) is 30.2 Å². The van der Waals surface area contributed by atoms with E-state index in [0.29, 0.717) is 24.5 Å². The molecule has 0 saturated heterocycles. The number of hydrogen-bond donors (Lipinski definition) is 0. The molecule has 1 rings (SSSR count). The van der Waals surface area contributed by atoms with E-state index in [1.165, 1.54) is 0 Å². The van der Waals surface area contributed by atoms with Crippen molar-refractivity contribution in [3.8, 4) is 5.75 Å². The Kier molecular flexibility index (Phi) is 5.34. The Labute approximate surface area is 99.3 Å². The highest BCUT2D eigenvalue weighted by molar-refractivity contribution is 5.80. The first-order valence-electron chi connectivity index (χ1n) is 5.21. The summed E-state index contributed by atoms with van der Waals surface area (Å²) < 4.78 is 5.30. The molecule has 5 heteroatoms. The van der Waals surface area contributed by atoms with E-state index in [1.807, 2.05) is 13.0 Å². The predicted molar refractivity (Wildman–Crippen MR) is 66.0 cm³/mol. The fourth-order valence-corrected chi connectivity index (χ4v) is 1.32. The van der Waals surface area contributed by atoms with Crippen LogP contribution in [-0.4, -0.2) is 19.4 Å². The number of azide groups is 1. The Balaban J connectivity index is 2.85. The number of aldehydes is 1. The molecule has 0 heterocycles. The number of rotatable bonds is 6. The minimum atomic E-state index is 0.292. The molecule has 0 spiro atoms. The second-order valence-electron chi connectivity index (χ2n) is 3.16. The largest absolute Gasteiger partial charge is 0.493 e. The van der Waals surface area contributed by atoms with Crippen molar-refractivity contribution in [3.63, 3.8) is 0 Å². The number of nitrogens with zero attached hydrogens (tertiary/aromatic N) is 3. The average molecular weight is 231 g/mol. The van der Waals surface area contributed by atoms with Gasteiger partial charge in [0.05, 0.1) is 12.2 Å². The van der Waals surface area contributed by atoms with Gasteiger partial charge >= 0.3 is 0 Å². The van der Waals surface area contributed by atoms with Gasteiger partial charge in [0.2, 0.25) is 0 Å². The third-order valence-electron chi connectivity index (χ3n) is 2.02. The van der Waals surface area contributed by atoms with Crippen LogP contribution >= 0.6 is 0 Å². The van der Waals surface area contributed by atoms with E-state index in [9.17, 15) is 4.79 Å². The molecule has 0 aliphatic heterocycles. The zero-order chi connectivity index (χ0) is 12.5. The number of carbonyl (C=O) groups excluding carboxylic acids is 1. The van der Waals surface area contributed by atoms with Crippen molar-refractivity contribution >= 4 is 12.4 Å². The van der Waals surface area contributed by atoms with Gasteiger partial charge in [0, 0.05) is 11.5 Å². The predicted octanol–water partition coefficient (Wildman–Crippen LogP) is 3.22. The highest BCUT2D eigenvalue weighted by Gasteiger charge is 2.02. The van der Waals surface area contributed by atoms with Gasteiger partial charge in [-0.15, -0.1) is 0 Å². The van der Waals surface area contributed by atoms with Gasteiger partial charge < -0.3 is 4.74 Å². The third-order valence-corrected chi connectivity index (χ3v) is 2.02. The van der Waals surface area contributed by atoms with Crippen LogP contribution in [0.15, 0.2) is 29.4 Å². The molecule has 0 bridgehead atoms. The summed E-state index contributed by atoms with van der Waals surface area (Å²) in [5.41, 5.74) is 9.48. The third kappa shape index (κ3) is 4.01. The number of carbonyl (C=O) groups is 1. The van der Waals surface area contributed by atoms with Gasteiger partial charge in [0.25, 0.3) is 0 Å². The summed E-state index contributed by atoms with van der Waals surface area (Å²) in [5.74, 6) is 0.578. The molecule has 0 N–H and O–H groups in total. The molecule has 0 amide bonds. The van der Waals surface area contributed by atoms with Crippen LogP contribution in [-0.2, 0) is 0 Å². The molecule has 0 unspecified atom stereocenters. The van der Waals surface area contributed by atoms with Gasteiger partial charge in [0.1, 0.15) is 5.75 Å². The zero-order valence-corrected chi connectivity index (χ0v) is 9.54. The fourth-order valence-electron chi connectivity index (χ4n) is 1.32. The average Bonchev–Trinajstić information content (AvgIpc) is 2.36. The van der Waals surface area contributed by atoms with Crippen LogP contribution in [0.5, 0.6) is 5.75 Å². The van der Waals surface area contributed by atoms with E-state index in [1.54, 1.807) is 24.3 Å². The lowest BCUT2D eigenvalue weighted by Gasteiger charge is -2.06. The van der Waals surface area contributed by atoms with Crippen molar-refractivity contribution in [1.29, 1.82) is 0 Å². The van der Waals surface area contributed by atoms with Crippen molar-refractivity contribution < 1.29 is 9.53 Å². The van der Waals surface area contributed by atoms with Crippen molar-refractivity contribution in [3.05, 3.63) is 45.8 Å². The molecule has 0 fully saturated rings. The smallest absolute Gasteiger partial charge is 0.153 e. The highest BCUT2D eigenvalue weighted by Crippen LogP contribution is 2.19. The summed E-state index contributed by atoms with van der Waals surface area (Å²) in [5, 5.41) is 3.38. The van der Waals surface area contributed by atoms with E-state index >= 15 is 0 Å². The van der Waals surface area contributed by atoms with Crippen LogP contribution in [0.25, 0.3) is 16.5 Å². The maximum absolute atomic E-state index is 10.9. The van der Waals surface area contributed by atoms with E-state index in [0.717, 1.165) is 11.8 Å². The molecule has 0 atom stereocenters. The Morgan fingerprint density at radius 2 is 2.35 bits per heavy atom. The number of ether oxygens (including phenoxy) is 1. The number of hydrogen-bond acceptors (Lipinski definition) is 3. The first-order valence-corrected chi connectivity index (χ1v) is 5.21. The topological polar surface area (TPSA) is 75.1 Å². The molecule has 0 aromatic heterocycles. The summed E-state index contributed by atoms with van der Waals surface area (Å²) in [7, 11) is 0. The van der Waals surface area contributed by atoms with Crippen LogP contribution in [0, 0.1) is 0 Å². The summed E-state index contributed by atoms with van der Waals surface area (Å²) >= 11 is 0. The van der Waals surface area contributed by atoms with E-state index < -0.39 is 0 Å². The van der Waals surface area contributed by atoms with E-state index in [-0.39, 0.29) is 0 Å². The monoisotopic (exact) mass is 231 g/mol. The van der Waals surface area contributed by atoms with Crippen LogP contribution < -0.4 is 4.74 Å². The molecule has 1 aromatic rings. The molecule has 0 aliphatic carbocycles. The summed E-state index contributed by atoms with van der Waals surface area (Å²) in [6, 6.07) is 5.32.